The molecule has 2 N–H and O–H groups in total. The summed E-state index contributed by atoms with van der Waals surface area (Å²) >= 11 is 0. The first-order chi connectivity index (χ1) is 13.7. The Labute approximate surface area is 174 Å². The van der Waals surface area contributed by atoms with E-state index in [0.29, 0.717) is 19.0 Å². The molecule has 0 aromatic carbocycles. The van der Waals surface area contributed by atoms with Gasteiger partial charge < -0.3 is 15.5 Å². The molecule has 2 rings (SSSR count). The van der Waals surface area contributed by atoms with Crippen LogP contribution in [0.3, 0.4) is 0 Å². The van der Waals surface area contributed by atoms with Crippen LogP contribution in [0.25, 0.3) is 0 Å². The summed E-state index contributed by atoms with van der Waals surface area (Å²) in [6, 6.07) is -1.51. The lowest BCUT2D eigenvalue weighted by molar-refractivity contribution is -0.137. The van der Waals surface area contributed by atoms with Crippen LogP contribution < -0.4 is 10.6 Å². The van der Waals surface area contributed by atoms with E-state index in [9.17, 15) is 24.0 Å². The second kappa shape index (κ2) is 11.3. The molecule has 5 amide bonds. The quantitative estimate of drug-likeness (QED) is 0.597. The number of hydrogen-bond acceptors (Lipinski definition) is 5. The molecule has 29 heavy (non-hydrogen) atoms. The van der Waals surface area contributed by atoms with E-state index in [1.807, 2.05) is 13.8 Å². The monoisotopic (exact) mass is 412 g/mol. The minimum absolute atomic E-state index is 0. The molecular formula is C20H36N4O5. The Hall–Kier alpha value is -2.71. The minimum atomic E-state index is -0.839. The molecule has 166 valence electrons. The van der Waals surface area contributed by atoms with Crippen LogP contribution in [0.4, 0.5) is 0 Å². The molecule has 0 saturated carbocycles. The van der Waals surface area contributed by atoms with E-state index >= 15 is 0 Å². The lowest BCUT2D eigenvalue weighted by atomic mass is 10.2. The van der Waals surface area contributed by atoms with Crippen LogP contribution in [0.5, 0.6) is 0 Å². The van der Waals surface area contributed by atoms with Crippen LogP contribution in [-0.4, -0.2) is 71.1 Å². The van der Waals surface area contributed by atoms with Gasteiger partial charge in [-0.2, -0.15) is 0 Å². The maximum atomic E-state index is 12.3. The Morgan fingerprint density at radius 3 is 2.21 bits per heavy atom. The molecule has 2 aliphatic rings. The fourth-order valence-electron chi connectivity index (χ4n) is 3.05. The smallest absolute Gasteiger partial charge is 0.253 e. The number of hydrogen-bond donors (Lipinski definition) is 2. The number of nitrogens with zero attached hydrogens (tertiary/aromatic N) is 2. The van der Waals surface area contributed by atoms with Gasteiger partial charge in [-0.3, -0.25) is 28.9 Å². The van der Waals surface area contributed by atoms with Crippen molar-refractivity contribution >= 4 is 29.5 Å². The van der Waals surface area contributed by atoms with Crippen molar-refractivity contribution in [3.63, 3.8) is 0 Å². The zero-order valence-corrected chi connectivity index (χ0v) is 17.9. The molecule has 3 atom stereocenters. The number of carbonyl (C=O) groups excluding carboxylic acids is 5. The molecular weight excluding hydrogens is 376 g/mol. The SMILES string of the molecule is CC.CC1CCN(C(=O)[C@H](C)NC(=O)[C@H](C)NC(=O)CCN2C(=O)C=CC2=O)C1.[HH].[HH]. The van der Waals surface area contributed by atoms with Gasteiger partial charge in [0.15, 0.2) is 0 Å². The van der Waals surface area contributed by atoms with Crippen molar-refractivity contribution in [2.24, 2.45) is 5.92 Å². The van der Waals surface area contributed by atoms with Gasteiger partial charge in [0, 0.05) is 41.1 Å². The van der Waals surface area contributed by atoms with Crippen molar-refractivity contribution in [2.75, 3.05) is 19.6 Å². The maximum absolute atomic E-state index is 12.3. The third kappa shape index (κ3) is 6.99. The van der Waals surface area contributed by atoms with Crippen molar-refractivity contribution in [3.05, 3.63) is 12.2 Å². The molecule has 9 heteroatoms. The second-order valence-electron chi connectivity index (χ2n) is 7.11. The minimum Gasteiger partial charge on any atom is -0.345 e. The maximum Gasteiger partial charge on any atom is 0.253 e. The lowest BCUT2D eigenvalue weighted by Gasteiger charge is -2.23. The largest absolute Gasteiger partial charge is 0.345 e. The molecule has 0 aromatic heterocycles. The van der Waals surface area contributed by atoms with Gasteiger partial charge in [0.25, 0.3) is 11.8 Å². The number of imide groups is 1. The summed E-state index contributed by atoms with van der Waals surface area (Å²) in [6.07, 6.45) is 3.15. The van der Waals surface area contributed by atoms with Crippen molar-refractivity contribution in [1.82, 2.24) is 20.4 Å². The third-order valence-corrected chi connectivity index (χ3v) is 4.70. The second-order valence-corrected chi connectivity index (χ2v) is 7.11. The van der Waals surface area contributed by atoms with Crippen molar-refractivity contribution in [2.45, 2.75) is 59.5 Å². The Kier molecular flexibility index (Phi) is 9.50. The highest BCUT2D eigenvalue weighted by atomic mass is 16.2. The van der Waals surface area contributed by atoms with Crippen LogP contribution in [0.2, 0.25) is 0 Å². The molecule has 2 heterocycles. The zero-order valence-electron chi connectivity index (χ0n) is 17.9. The average Bonchev–Trinajstić information content (AvgIpc) is 3.26. The van der Waals surface area contributed by atoms with Gasteiger partial charge in [0.1, 0.15) is 12.1 Å². The van der Waals surface area contributed by atoms with Crippen LogP contribution in [-0.2, 0) is 24.0 Å². The molecule has 0 aromatic rings. The molecule has 0 radical (unpaired) electrons. The van der Waals surface area contributed by atoms with E-state index < -0.39 is 35.7 Å². The number of amides is 5. The van der Waals surface area contributed by atoms with E-state index in [1.54, 1.807) is 11.8 Å². The fourth-order valence-corrected chi connectivity index (χ4v) is 3.05. The highest BCUT2D eigenvalue weighted by molar-refractivity contribution is 6.13. The molecule has 9 nitrogen and oxygen atoms in total. The summed E-state index contributed by atoms with van der Waals surface area (Å²) < 4.78 is 0. The first kappa shape index (κ1) is 24.3. The van der Waals surface area contributed by atoms with E-state index in [-0.39, 0.29) is 21.7 Å². The van der Waals surface area contributed by atoms with E-state index in [0.717, 1.165) is 23.5 Å². The van der Waals surface area contributed by atoms with Crippen molar-refractivity contribution < 1.29 is 26.8 Å². The topological polar surface area (TPSA) is 116 Å². The first-order valence-electron chi connectivity index (χ1n) is 10.1. The fraction of sp³-hybridized carbons (Fsp3) is 0.650. The Morgan fingerprint density at radius 2 is 1.69 bits per heavy atom. The number of likely N-dealkylation sites (tertiary alicyclic amines) is 1. The van der Waals surface area contributed by atoms with E-state index in [1.165, 1.54) is 6.92 Å². The summed E-state index contributed by atoms with van der Waals surface area (Å²) in [4.78, 5) is 62.1. The summed E-state index contributed by atoms with van der Waals surface area (Å²) in [5, 5.41) is 5.12. The molecule has 2 aliphatic heterocycles. The highest BCUT2D eigenvalue weighted by Crippen LogP contribution is 2.15. The molecule has 0 bridgehead atoms. The van der Waals surface area contributed by atoms with Gasteiger partial charge in [-0.15, -0.1) is 0 Å². The Balaban J connectivity index is 0. The summed E-state index contributed by atoms with van der Waals surface area (Å²) in [5.74, 6) is -1.52. The standard InChI is InChI=1S/C18H26N4O5.C2H6.2H2/c1-11-6-8-21(10-11)18(27)13(3)20-17(26)12(2)19-14(23)7-9-22-15(24)4-5-16(22)25;1-2;;/h4-5,11-13H,6-10H2,1-3H3,(H,19,23)(H,20,26);1-2H3;2*1H/t11?,12-,13-;;;/m0.../s1. The van der Waals surface area contributed by atoms with Crippen LogP contribution >= 0.6 is 0 Å². The van der Waals surface area contributed by atoms with Gasteiger partial charge in [0.2, 0.25) is 17.7 Å². The summed E-state index contributed by atoms with van der Waals surface area (Å²) in [5.41, 5.74) is 0. The molecule has 1 saturated heterocycles. The van der Waals surface area contributed by atoms with Gasteiger partial charge >= 0.3 is 0 Å². The molecule has 0 spiro atoms. The van der Waals surface area contributed by atoms with Gasteiger partial charge in [-0.1, -0.05) is 20.8 Å². The number of nitrogens with one attached hydrogen (secondary N) is 2. The van der Waals surface area contributed by atoms with E-state index in [2.05, 4.69) is 17.6 Å². The summed E-state index contributed by atoms with van der Waals surface area (Å²) in [7, 11) is 0. The van der Waals surface area contributed by atoms with Crippen LogP contribution in [0, 0.1) is 5.92 Å². The molecule has 1 unspecified atom stereocenters. The Morgan fingerprint density at radius 1 is 1.10 bits per heavy atom. The number of rotatable bonds is 7. The predicted octanol–water partition coefficient (Wildman–Crippen LogP) is 0.698. The van der Waals surface area contributed by atoms with Gasteiger partial charge in [0.05, 0.1) is 0 Å². The molecule has 0 aliphatic carbocycles. The third-order valence-electron chi connectivity index (χ3n) is 4.70. The van der Waals surface area contributed by atoms with E-state index in [4.69, 9.17) is 0 Å². The summed E-state index contributed by atoms with van der Waals surface area (Å²) in [6.45, 7) is 10.5. The van der Waals surface area contributed by atoms with Gasteiger partial charge in [-0.05, 0) is 26.2 Å². The van der Waals surface area contributed by atoms with Crippen LogP contribution in [0.15, 0.2) is 12.2 Å². The van der Waals surface area contributed by atoms with Crippen LogP contribution in [0.1, 0.15) is 50.3 Å². The average molecular weight is 413 g/mol. The predicted molar refractivity (Wildman–Crippen MR) is 112 cm³/mol. The normalized spacial score (nSPS) is 20.1. The lowest BCUT2D eigenvalue weighted by Crippen LogP contribution is -2.52. The van der Waals surface area contributed by atoms with Crippen molar-refractivity contribution in [3.8, 4) is 0 Å². The van der Waals surface area contributed by atoms with Gasteiger partial charge in [-0.25, -0.2) is 0 Å². The Bertz CT molecular complexity index is 668. The highest BCUT2D eigenvalue weighted by Gasteiger charge is 2.29. The number of carbonyl (C=O) groups is 5. The van der Waals surface area contributed by atoms with Crippen molar-refractivity contribution in [1.29, 1.82) is 0 Å². The molecule has 1 fully saturated rings. The zero-order chi connectivity index (χ0) is 22.1. The first-order valence-corrected chi connectivity index (χ1v) is 10.1.